The number of aromatic nitrogens is 2. The third-order valence-corrected chi connectivity index (χ3v) is 6.81. The average molecular weight is 601 g/mol. The lowest BCUT2D eigenvalue weighted by Gasteiger charge is -2.22. The van der Waals surface area contributed by atoms with E-state index in [2.05, 4.69) is 21.0 Å². The van der Waals surface area contributed by atoms with Crippen LogP contribution in [0.1, 0.15) is 63.3 Å². The summed E-state index contributed by atoms with van der Waals surface area (Å²) in [7, 11) is 0. The Morgan fingerprint density at radius 1 is 1.18 bits per heavy atom. The molecule has 3 aromatic rings. The molecule has 0 saturated heterocycles. The molecule has 0 unspecified atom stereocenters. The number of halogens is 1. The largest absolute Gasteiger partial charge is 0.490 e. The molecule has 0 radical (unpaired) electrons. The third kappa shape index (κ3) is 6.62. The first kappa shape index (κ1) is 28.2. The van der Waals surface area contributed by atoms with Crippen molar-refractivity contribution in [2.75, 3.05) is 19.8 Å². The van der Waals surface area contributed by atoms with Gasteiger partial charge in [-0.25, -0.2) is 9.78 Å². The summed E-state index contributed by atoms with van der Waals surface area (Å²) < 4.78 is 17.9. The van der Waals surface area contributed by atoms with Gasteiger partial charge in [0.25, 0.3) is 5.56 Å². The van der Waals surface area contributed by atoms with E-state index in [-0.39, 0.29) is 36.2 Å². The number of ether oxygens (including phenoxy) is 3. The van der Waals surface area contributed by atoms with Crippen LogP contribution in [0.15, 0.2) is 44.7 Å². The molecule has 0 bridgehead atoms. The van der Waals surface area contributed by atoms with E-state index in [4.69, 9.17) is 19.2 Å². The fourth-order valence-corrected chi connectivity index (χ4v) is 4.95. The molecular formula is C27H29BrN4O7. The van der Waals surface area contributed by atoms with Gasteiger partial charge >= 0.3 is 11.7 Å². The van der Waals surface area contributed by atoms with Gasteiger partial charge in [0.1, 0.15) is 5.82 Å². The molecule has 0 amide bonds. The molecule has 12 heteroatoms. The maximum atomic E-state index is 13.6. The minimum absolute atomic E-state index is 0.0675. The molecule has 1 aromatic heterocycles. The van der Waals surface area contributed by atoms with Crippen molar-refractivity contribution >= 4 is 44.7 Å². The molecular weight excluding hydrogens is 572 g/mol. The van der Waals surface area contributed by atoms with E-state index >= 15 is 0 Å². The minimum atomic E-state index is -0.662. The van der Waals surface area contributed by atoms with E-state index in [0.717, 1.165) is 36.6 Å². The lowest BCUT2D eigenvalue weighted by Crippen LogP contribution is -2.25. The highest BCUT2D eigenvalue weighted by atomic mass is 79.9. The predicted molar refractivity (Wildman–Crippen MR) is 149 cm³/mol. The average Bonchev–Trinajstić information content (AvgIpc) is 2.92. The Morgan fingerprint density at radius 3 is 2.64 bits per heavy atom. The number of nitro groups is 1. The van der Waals surface area contributed by atoms with Crippen molar-refractivity contribution in [1.29, 1.82) is 0 Å². The zero-order chi connectivity index (χ0) is 27.9. The topological polar surface area (TPSA) is 135 Å². The molecule has 1 heterocycles. The molecule has 1 aliphatic rings. The fourth-order valence-electron chi connectivity index (χ4n) is 4.59. The minimum Gasteiger partial charge on any atom is -0.490 e. The molecule has 0 aliphatic heterocycles. The van der Waals surface area contributed by atoms with Gasteiger partial charge in [0.2, 0.25) is 5.75 Å². The highest BCUT2D eigenvalue weighted by Gasteiger charge is 2.25. The van der Waals surface area contributed by atoms with Crippen LogP contribution in [0.5, 0.6) is 11.5 Å². The Kier molecular flexibility index (Phi) is 9.28. The Bertz CT molecular complexity index is 1460. The standard InChI is InChI=1S/C27H29BrN4O7/c1-3-37-23-13-17(12-22(32(35)36)25(23)39-16-24(33)38-4-2)15-29-31-26(18-8-6-5-7-9-18)30-21-11-10-19(28)14-20(21)27(31)34/h10-15,18H,3-9,16H2,1-2H3. The van der Waals surface area contributed by atoms with E-state index in [1.165, 1.54) is 23.0 Å². The van der Waals surface area contributed by atoms with Gasteiger partial charge in [-0.05, 0) is 51.0 Å². The summed E-state index contributed by atoms with van der Waals surface area (Å²) in [5.41, 5.74) is 0.163. The molecule has 39 heavy (non-hydrogen) atoms. The number of carbonyl (C=O) groups excluding carboxylic acids is 1. The summed E-state index contributed by atoms with van der Waals surface area (Å²) in [5, 5.41) is 16.8. The smallest absolute Gasteiger partial charge is 0.344 e. The van der Waals surface area contributed by atoms with Crippen molar-refractivity contribution in [3.8, 4) is 11.5 Å². The lowest BCUT2D eigenvalue weighted by molar-refractivity contribution is -0.385. The van der Waals surface area contributed by atoms with Gasteiger partial charge in [-0.1, -0.05) is 35.2 Å². The number of hydrogen-bond acceptors (Lipinski definition) is 9. The van der Waals surface area contributed by atoms with Crippen LogP contribution < -0.4 is 15.0 Å². The van der Waals surface area contributed by atoms with Crippen molar-refractivity contribution in [3.05, 3.63) is 66.7 Å². The van der Waals surface area contributed by atoms with Gasteiger partial charge in [-0.2, -0.15) is 9.78 Å². The summed E-state index contributed by atoms with van der Waals surface area (Å²) in [6.45, 7) is 3.20. The summed E-state index contributed by atoms with van der Waals surface area (Å²) in [5.74, 6) is -0.143. The lowest BCUT2D eigenvalue weighted by atomic mass is 9.88. The number of benzene rings is 2. The Morgan fingerprint density at radius 2 is 1.95 bits per heavy atom. The number of hydrogen-bond donors (Lipinski definition) is 0. The van der Waals surface area contributed by atoms with Gasteiger partial charge in [-0.15, -0.1) is 0 Å². The fraction of sp³-hybridized carbons (Fsp3) is 0.407. The molecule has 1 fully saturated rings. The van der Waals surface area contributed by atoms with Crippen molar-refractivity contribution in [3.63, 3.8) is 0 Å². The predicted octanol–water partition coefficient (Wildman–Crippen LogP) is 5.34. The second kappa shape index (κ2) is 12.8. The molecule has 0 N–H and O–H groups in total. The molecule has 206 valence electrons. The first-order valence-corrected chi connectivity index (χ1v) is 13.6. The van der Waals surface area contributed by atoms with Crippen LogP contribution in [0.3, 0.4) is 0 Å². The number of nitrogens with zero attached hydrogens (tertiary/aromatic N) is 4. The van der Waals surface area contributed by atoms with E-state index in [0.29, 0.717) is 22.3 Å². The van der Waals surface area contributed by atoms with E-state index in [9.17, 15) is 19.7 Å². The molecule has 2 aromatic carbocycles. The monoisotopic (exact) mass is 600 g/mol. The normalized spacial score (nSPS) is 14.0. The van der Waals surface area contributed by atoms with Crippen LogP contribution in [0.25, 0.3) is 10.9 Å². The highest BCUT2D eigenvalue weighted by Crippen LogP contribution is 2.38. The zero-order valence-electron chi connectivity index (χ0n) is 21.7. The third-order valence-electron chi connectivity index (χ3n) is 6.32. The number of carbonyl (C=O) groups is 1. The molecule has 11 nitrogen and oxygen atoms in total. The SMILES string of the molecule is CCOC(=O)COc1c(OCC)cc(C=Nn2c(C3CCCCC3)nc3ccc(Br)cc3c2=O)cc1[N+](=O)[O-]. The summed E-state index contributed by atoms with van der Waals surface area (Å²) in [6, 6.07) is 8.11. The Hall–Kier alpha value is -3.80. The number of nitro benzene ring substituents is 1. The number of esters is 1. The summed E-state index contributed by atoms with van der Waals surface area (Å²) in [4.78, 5) is 41.4. The van der Waals surface area contributed by atoms with Crippen molar-refractivity contribution in [2.24, 2.45) is 5.10 Å². The Labute approximate surface area is 233 Å². The number of fused-ring (bicyclic) bond motifs is 1. The Balaban J connectivity index is 1.79. The first-order valence-electron chi connectivity index (χ1n) is 12.8. The number of rotatable bonds is 10. The second-order valence-corrected chi connectivity index (χ2v) is 9.89. The van der Waals surface area contributed by atoms with Crippen molar-refractivity contribution in [1.82, 2.24) is 9.66 Å². The molecule has 0 spiro atoms. The summed E-state index contributed by atoms with van der Waals surface area (Å²) >= 11 is 3.41. The second-order valence-electron chi connectivity index (χ2n) is 8.98. The maximum absolute atomic E-state index is 13.6. The molecule has 1 saturated carbocycles. The van der Waals surface area contributed by atoms with E-state index in [1.807, 2.05) is 6.07 Å². The van der Waals surface area contributed by atoms with E-state index in [1.54, 1.807) is 26.0 Å². The van der Waals surface area contributed by atoms with Gasteiger partial charge < -0.3 is 14.2 Å². The van der Waals surface area contributed by atoms with Crippen LogP contribution in [0.4, 0.5) is 5.69 Å². The van der Waals surface area contributed by atoms with Gasteiger partial charge in [-0.3, -0.25) is 14.9 Å². The molecule has 4 rings (SSSR count). The van der Waals surface area contributed by atoms with Crippen LogP contribution >= 0.6 is 15.9 Å². The molecule has 0 atom stereocenters. The van der Waals surface area contributed by atoms with Gasteiger partial charge in [0, 0.05) is 22.0 Å². The highest BCUT2D eigenvalue weighted by molar-refractivity contribution is 9.10. The van der Waals surface area contributed by atoms with Crippen LogP contribution in [0.2, 0.25) is 0 Å². The van der Waals surface area contributed by atoms with Gasteiger partial charge in [0.05, 0.1) is 35.3 Å². The van der Waals surface area contributed by atoms with Crippen molar-refractivity contribution in [2.45, 2.75) is 51.9 Å². The van der Waals surface area contributed by atoms with Crippen molar-refractivity contribution < 1.29 is 23.9 Å². The molecule has 1 aliphatic carbocycles. The van der Waals surface area contributed by atoms with Gasteiger partial charge in [0.15, 0.2) is 12.4 Å². The van der Waals surface area contributed by atoms with Crippen LogP contribution in [-0.4, -0.2) is 46.6 Å². The quantitative estimate of drug-likeness (QED) is 0.132. The first-order chi connectivity index (χ1) is 18.8. The van der Waals surface area contributed by atoms with E-state index < -0.39 is 23.2 Å². The van der Waals surface area contributed by atoms with Crippen LogP contribution in [0, 0.1) is 10.1 Å². The maximum Gasteiger partial charge on any atom is 0.344 e. The summed E-state index contributed by atoms with van der Waals surface area (Å²) in [6.07, 6.45) is 6.38. The zero-order valence-corrected chi connectivity index (χ0v) is 23.3. The van der Waals surface area contributed by atoms with Crippen LogP contribution in [-0.2, 0) is 9.53 Å².